The summed E-state index contributed by atoms with van der Waals surface area (Å²) in [5.41, 5.74) is -2.67. The van der Waals surface area contributed by atoms with Crippen molar-refractivity contribution in [2.24, 2.45) is 0 Å². The molecule has 0 unspecified atom stereocenters. The van der Waals surface area contributed by atoms with E-state index < -0.39 is 58.4 Å². The van der Waals surface area contributed by atoms with Crippen LogP contribution in [-0.4, -0.2) is 170 Å². The third-order valence-corrected chi connectivity index (χ3v) is 11.9. The molecule has 28 heteroatoms. The summed E-state index contributed by atoms with van der Waals surface area (Å²) in [5.74, 6) is -6.71. The molecule has 4 aromatic rings. The number of esters is 2. The van der Waals surface area contributed by atoms with Gasteiger partial charge in [-0.2, -0.15) is 18.7 Å². The maximum atomic E-state index is 14.0. The van der Waals surface area contributed by atoms with E-state index in [4.69, 9.17) is 39.0 Å². The predicted octanol–water partition coefficient (Wildman–Crippen LogP) is 0.329. The lowest BCUT2D eigenvalue weighted by atomic mass is 9.86. The van der Waals surface area contributed by atoms with E-state index in [9.17, 15) is 37.5 Å². The van der Waals surface area contributed by atoms with Crippen LogP contribution in [0.5, 0.6) is 0 Å². The van der Waals surface area contributed by atoms with E-state index >= 15 is 0 Å². The Morgan fingerprint density at radius 1 is 0.569 bits per heavy atom. The minimum absolute atomic E-state index is 0.204. The van der Waals surface area contributed by atoms with Gasteiger partial charge in [-0.05, 0) is 72.5 Å². The van der Waals surface area contributed by atoms with Crippen LogP contribution < -0.4 is 11.4 Å². The van der Waals surface area contributed by atoms with Crippen molar-refractivity contribution in [1.29, 1.82) is 0 Å². The van der Waals surface area contributed by atoms with Gasteiger partial charge in [-0.3, -0.25) is 19.3 Å². The van der Waals surface area contributed by atoms with E-state index in [-0.39, 0.29) is 61.4 Å². The zero-order chi connectivity index (χ0) is 53.2. The number of halogens is 2. The number of piperidine rings is 2. The Balaban J connectivity index is 0.000000281. The average Bonchev–Trinajstić information content (AvgIpc) is 3.93. The lowest BCUT2D eigenvalue weighted by Gasteiger charge is -2.44. The fourth-order valence-electron chi connectivity index (χ4n) is 7.95. The number of benzene rings is 2. The van der Waals surface area contributed by atoms with Crippen molar-refractivity contribution in [3.63, 3.8) is 0 Å². The number of hydrogen-bond donors (Lipinski definition) is 2. The summed E-state index contributed by atoms with van der Waals surface area (Å²) in [4.78, 5) is 109. The van der Waals surface area contributed by atoms with E-state index in [1.165, 1.54) is 58.9 Å². The normalized spacial score (nSPS) is 15.2. The Bertz CT molecular complexity index is 2430. The minimum atomic E-state index is -1.82. The number of methoxy groups -OCH3 is 2. The Kier molecular flexibility index (Phi) is 21.3. The molecule has 0 bridgehead atoms. The van der Waals surface area contributed by atoms with Crippen molar-refractivity contribution in [1.82, 2.24) is 59.5 Å². The van der Waals surface area contributed by atoms with Crippen molar-refractivity contribution in [3.05, 3.63) is 92.3 Å². The summed E-state index contributed by atoms with van der Waals surface area (Å²) in [6.07, 6.45) is 1.03. The number of rotatable bonds is 18. The molecule has 2 aromatic heterocycles. The lowest BCUT2D eigenvalue weighted by Crippen LogP contribution is -2.61. The number of nitrogens with zero attached hydrogens (tertiary/aromatic N) is 12. The summed E-state index contributed by atoms with van der Waals surface area (Å²) in [7, 11) is 2.52. The number of hydroxylamine groups is 4. The standard InChI is InChI=1S/2C21H29FN6O5.C2H2O4/c2*1-4-26-20(31)27(24-23-26)14-13-25-11-9-21(10-12-25,19(30)32-3)28(16(2)29)33-15-17-7-5-6-8-18(17)22;3-1(4)2(5)6/h2*5-8H,4,9-15H2,1-3H3;(H,3,4)(H,5,6). The first-order chi connectivity index (χ1) is 34.3. The number of carboxylic acid groups (broad SMARTS) is 2. The van der Waals surface area contributed by atoms with Crippen molar-refractivity contribution < 1.29 is 66.9 Å². The van der Waals surface area contributed by atoms with Crippen LogP contribution in [0, 0.1) is 11.6 Å². The number of carbonyl (C=O) groups excluding carboxylic acids is 4. The molecule has 0 saturated carbocycles. The maximum absolute atomic E-state index is 14.0. The zero-order valence-electron chi connectivity index (χ0n) is 40.8. The monoisotopic (exact) mass is 1020 g/mol. The van der Waals surface area contributed by atoms with E-state index in [2.05, 4.69) is 30.7 Å². The second-order valence-corrected chi connectivity index (χ2v) is 16.3. The number of carboxylic acids is 2. The molecule has 2 N–H and O–H groups in total. The molecule has 2 saturated heterocycles. The van der Waals surface area contributed by atoms with Crippen molar-refractivity contribution in [2.75, 3.05) is 53.5 Å². The molecule has 6 rings (SSSR count). The van der Waals surface area contributed by atoms with Gasteiger partial charge in [0, 0.05) is 77.3 Å². The smallest absolute Gasteiger partial charge is 0.414 e. The van der Waals surface area contributed by atoms with Crippen molar-refractivity contribution in [3.8, 4) is 0 Å². The van der Waals surface area contributed by atoms with E-state index in [0.717, 1.165) is 10.1 Å². The molecule has 2 aromatic carbocycles. The summed E-state index contributed by atoms with van der Waals surface area (Å²) in [6, 6.07) is 12.2. The molecule has 394 valence electrons. The molecular formula is C44H60F2N12O14. The molecule has 26 nitrogen and oxygen atoms in total. The molecule has 0 aliphatic carbocycles. The van der Waals surface area contributed by atoms with Crippen LogP contribution in [0.1, 0.15) is 64.5 Å². The largest absolute Gasteiger partial charge is 0.473 e. The van der Waals surface area contributed by atoms with Gasteiger partial charge in [0.05, 0.1) is 27.3 Å². The molecule has 4 heterocycles. The lowest BCUT2D eigenvalue weighted by molar-refractivity contribution is -0.240. The Morgan fingerprint density at radius 3 is 1.15 bits per heavy atom. The van der Waals surface area contributed by atoms with Crippen molar-refractivity contribution >= 4 is 35.7 Å². The molecule has 2 fully saturated rings. The number of aliphatic carboxylic acids is 2. The van der Waals surface area contributed by atoms with Crippen LogP contribution in [-0.2, 0) is 87.3 Å². The SMILES string of the molecule is CCn1nnn(CCN2CCC(C(=O)OC)(N(OCc3ccccc3F)C(C)=O)CC2)c1=O.CCn1nnn(CCN2CCC(C(=O)OC)(N(OCc3ccccc3F)C(C)=O)CC2)c1=O.O=C(O)C(=O)O. The Morgan fingerprint density at radius 2 is 0.889 bits per heavy atom. The van der Waals surface area contributed by atoms with Crippen LogP contribution in [0.15, 0.2) is 58.1 Å². The van der Waals surface area contributed by atoms with Gasteiger partial charge in [0.15, 0.2) is 11.1 Å². The van der Waals surface area contributed by atoms with Crippen LogP contribution in [0.3, 0.4) is 0 Å². The molecule has 0 spiro atoms. The molecule has 72 heavy (non-hydrogen) atoms. The third-order valence-electron chi connectivity index (χ3n) is 11.9. The van der Waals surface area contributed by atoms with Gasteiger partial charge < -0.3 is 29.5 Å². The number of hydrogen-bond acceptors (Lipinski definition) is 18. The van der Waals surface area contributed by atoms with Crippen LogP contribution >= 0.6 is 0 Å². The first kappa shape index (κ1) is 57.3. The summed E-state index contributed by atoms with van der Waals surface area (Å²) in [5, 5.41) is 32.2. The van der Waals surface area contributed by atoms with Gasteiger partial charge in [-0.15, -0.1) is 0 Å². The number of tetrazole rings is 2. The number of aryl methyl sites for hydroxylation is 2. The second kappa shape index (κ2) is 26.8. The van der Waals surface area contributed by atoms with Crippen molar-refractivity contribution in [2.45, 2.75) is 104 Å². The number of aromatic nitrogens is 8. The average molecular weight is 1020 g/mol. The topological polar surface area (TPSA) is 298 Å². The second-order valence-electron chi connectivity index (χ2n) is 16.3. The molecule has 0 radical (unpaired) electrons. The van der Waals surface area contributed by atoms with Gasteiger partial charge >= 0.3 is 35.3 Å². The first-order valence-corrected chi connectivity index (χ1v) is 22.7. The number of carbonyl (C=O) groups is 6. The summed E-state index contributed by atoms with van der Waals surface area (Å²) >= 11 is 0. The minimum Gasteiger partial charge on any atom is -0.473 e. The quantitative estimate of drug-likeness (QED) is 0.0771. The number of ether oxygens (including phenoxy) is 2. The predicted molar refractivity (Wildman–Crippen MR) is 243 cm³/mol. The first-order valence-electron chi connectivity index (χ1n) is 22.7. The van der Waals surface area contributed by atoms with Gasteiger partial charge in [0.1, 0.15) is 24.8 Å². The fraction of sp³-hybridized carbons (Fsp3) is 0.545. The van der Waals surface area contributed by atoms with Gasteiger partial charge in [0.2, 0.25) is 11.8 Å². The van der Waals surface area contributed by atoms with Crippen LogP contribution in [0.25, 0.3) is 0 Å². The van der Waals surface area contributed by atoms with Gasteiger partial charge in [0.25, 0.3) is 0 Å². The van der Waals surface area contributed by atoms with E-state index in [1.54, 1.807) is 36.4 Å². The van der Waals surface area contributed by atoms with E-state index in [0.29, 0.717) is 65.4 Å². The Hall–Kier alpha value is -7.30. The van der Waals surface area contributed by atoms with E-state index in [1.807, 2.05) is 13.8 Å². The molecule has 2 aliphatic rings. The zero-order valence-corrected chi connectivity index (χ0v) is 40.8. The molecule has 2 aliphatic heterocycles. The highest BCUT2D eigenvalue weighted by molar-refractivity contribution is 6.27. The number of amides is 2. The maximum Gasteiger partial charge on any atom is 0.414 e. The van der Waals surface area contributed by atoms with Gasteiger partial charge in [-0.1, -0.05) is 36.4 Å². The highest BCUT2D eigenvalue weighted by Crippen LogP contribution is 2.33. The van der Waals surface area contributed by atoms with Crippen LogP contribution in [0.4, 0.5) is 8.78 Å². The highest BCUT2D eigenvalue weighted by Gasteiger charge is 2.51. The molecular weight excluding hydrogens is 959 g/mol. The Labute approximate surface area is 411 Å². The third kappa shape index (κ3) is 14.4. The molecule has 2 amide bonds. The molecule has 0 atom stereocenters. The number of likely N-dealkylation sites (tertiary alicyclic amines) is 2. The van der Waals surface area contributed by atoms with Gasteiger partial charge in [-0.25, -0.2) is 47.7 Å². The summed E-state index contributed by atoms with van der Waals surface area (Å²) in [6.45, 7) is 10.3. The van der Waals surface area contributed by atoms with Crippen LogP contribution in [0.2, 0.25) is 0 Å². The summed E-state index contributed by atoms with van der Waals surface area (Å²) < 4.78 is 43.2. The highest BCUT2D eigenvalue weighted by atomic mass is 19.1. The fourth-order valence-corrected chi connectivity index (χ4v) is 7.95.